The van der Waals surface area contributed by atoms with Crippen molar-refractivity contribution >= 4 is 11.6 Å². The molecule has 0 bridgehead atoms. The first-order valence-electron chi connectivity index (χ1n) is 5.76. The number of aliphatic hydroxyl groups is 1. The summed E-state index contributed by atoms with van der Waals surface area (Å²) in [5, 5.41) is 9.59. The Morgan fingerprint density at radius 2 is 2.25 bits per heavy atom. The van der Waals surface area contributed by atoms with Crippen molar-refractivity contribution in [1.82, 2.24) is 9.88 Å². The van der Waals surface area contributed by atoms with Crippen molar-refractivity contribution in [3.8, 4) is 0 Å². The third-order valence-electron chi connectivity index (χ3n) is 3.12. The second-order valence-electron chi connectivity index (χ2n) is 4.23. The van der Waals surface area contributed by atoms with E-state index in [4.69, 9.17) is 16.7 Å². The second kappa shape index (κ2) is 5.62. The Balaban J connectivity index is 1.98. The molecule has 1 aromatic heterocycles. The monoisotopic (exact) mass is 240 g/mol. The second-order valence-corrected chi connectivity index (χ2v) is 4.62. The molecule has 1 heterocycles. The summed E-state index contributed by atoms with van der Waals surface area (Å²) < 4.78 is 0. The lowest BCUT2D eigenvalue weighted by Gasteiger charge is -2.37. The summed E-state index contributed by atoms with van der Waals surface area (Å²) in [6.07, 6.45) is 3.77. The third kappa shape index (κ3) is 2.94. The summed E-state index contributed by atoms with van der Waals surface area (Å²) >= 11 is 5.85. The van der Waals surface area contributed by atoms with Gasteiger partial charge in [-0.2, -0.15) is 0 Å². The van der Waals surface area contributed by atoms with Gasteiger partial charge in [0.1, 0.15) is 5.15 Å². The zero-order valence-corrected chi connectivity index (χ0v) is 10.0. The standard InChI is InChI=1S/C12H17ClN2O/c13-12-6-1-3-10(14-12)9-15(7-8-16)11-4-2-5-11/h1,3,6,11,16H,2,4-5,7-9H2. The summed E-state index contributed by atoms with van der Waals surface area (Å²) in [7, 11) is 0. The number of nitrogens with zero attached hydrogens (tertiary/aromatic N) is 2. The van der Waals surface area contributed by atoms with E-state index in [1.807, 2.05) is 12.1 Å². The summed E-state index contributed by atoms with van der Waals surface area (Å²) in [5.74, 6) is 0. The highest BCUT2D eigenvalue weighted by Crippen LogP contribution is 2.25. The first-order chi connectivity index (χ1) is 7.79. The van der Waals surface area contributed by atoms with Gasteiger partial charge in [-0.1, -0.05) is 24.1 Å². The topological polar surface area (TPSA) is 36.4 Å². The third-order valence-corrected chi connectivity index (χ3v) is 3.33. The van der Waals surface area contributed by atoms with Crippen LogP contribution in [0, 0.1) is 0 Å². The Morgan fingerprint density at radius 3 is 2.81 bits per heavy atom. The van der Waals surface area contributed by atoms with Crippen molar-refractivity contribution in [3.05, 3.63) is 29.0 Å². The van der Waals surface area contributed by atoms with Crippen molar-refractivity contribution in [2.45, 2.75) is 31.8 Å². The molecule has 1 aliphatic carbocycles. The van der Waals surface area contributed by atoms with Gasteiger partial charge in [0.05, 0.1) is 12.3 Å². The number of pyridine rings is 1. The molecule has 1 N–H and O–H groups in total. The van der Waals surface area contributed by atoms with E-state index in [2.05, 4.69) is 9.88 Å². The number of halogens is 1. The number of aliphatic hydroxyl groups excluding tert-OH is 1. The van der Waals surface area contributed by atoms with Crippen LogP contribution < -0.4 is 0 Å². The summed E-state index contributed by atoms with van der Waals surface area (Å²) in [6, 6.07) is 6.30. The van der Waals surface area contributed by atoms with Crippen molar-refractivity contribution in [2.24, 2.45) is 0 Å². The molecule has 0 unspecified atom stereocenters. The number of rotatable bonds is 5. The van der Waals surface area contributed by atoms with E-state index in [9.17, 15) is 0 Å². The average Bonchev–Trinajstić information content (AvgIpc) is 2.15. The van der Waals surface area contributed by atoms with E-state index in [1.54, 1.807) is 6.07 Å². The van der Waals surface area contributed by atoms with Crippen molar-refractivity contribution in [3.63, 3.8) is 0 Å². The van der Waals surface area contributed by atoms with Gasteiger partial charge in [-0.15, -0.1) is 0 Å². The van der Waals surface area contributed by atoms with Crippen LogP contribution in [0.25, 0.3) is 0 Å². The number of hydrogen-bond acceptors (Lipinski definition) is 3. The minimum atomic E-state index is 0.205. The van der Waals surface area contributed by atoms with E-state index < -0.39 is 0 Å². The SMILES string of the molecule is OCCN(Cc1cccc(Cl)n1)C1CCC1. The van der Waals surface area contributed by atoms with Gasteiger partial charge in [-0.3, -0.25) is 4.90 Å². The summed E-state index contributed by atoms with van der Waals surface area (Å²) in [6.45, 7) is 1.71. The zero-order chi connectivity index (χ0) is 11.4. The van der Waals surface area contributed by atoms with E-state index in [0.29, 0.717) is 11.2 Å². The lowest BCUT2D eigenvalue weighted by Crippen LogP contribution is -2.41. The highest BCUT2D eigenvalue weighted by molar-refractivity contribution is 6.29. The molecule has 1 fully saturated rings. The fourth-order valence-corrected chi connectivity index (χ4v) is 2.20. The van der Waals surface area contributed by atoms with Gasteiger partial charge in [-0.25, -0.2) is 4.98 Å². The number of aromatic nitrogens is 1. The maximum absolute atomic E-state index is 9.05. The number of hydrogen-bond donors (Lipinski definition) is 1. The first-order valence-corrected chi connectivity index (χ1v) is 6.14. The highest BCUT2D eigenvalue weighted by Gasteiger charge is 2.24. The molecule has 0 radical (unpaired) electrons. The van der Waals surface area contributed by atoms with E-state index >= 15 is 0 Å². The fraction of sp³-hybridized carbons (Fsp3) is 0.583. The van der Waals surface area contributed by atoms with Crippen LogP contribution in [0.4, 0.5) is 0 Å². The lowest BCUT2D eigenvalue weighted by molar-refractivity contribution is 0.0934. The Bertz CT molecular complexity index is 342. The van der Waals surface area contributed by atoms with Gasteiger partial charge in [0.25, 0.3) is 0 Å². The van der Waals surface area contributed by atoms with Gasteiger partial charge in [0.2, 0.25) is 0 Å². The maximum atomic E-state index is 9.05. The minimum absolute atomic E-state index is 0.205. The highest BCUT2D eigenvalue weighted by atomic mass is 35.5. The molecule has 0 aromatic carbocycles. The normalized spacial score (nSPS) is 16.4. The molecule has 0 spiro atoms. The molecule has 0 atom stereocenters. The molecule has 0 saturated heterocycles. The van der Waals surface area contributed by atoms with Crippen LogP contribution in [0.5, 0.6) is 0 Å². The van der Waals surface area contributed by atoms with Gasteiger partial charge < -0.3 is 5.11 Å². The van der Waals surface area contributed by atoms with Gasteiger partial charge in [0.15, 0.2) is 0 Å². The van der Waals surface area contributed by atoms with Crippen molar-refractivity contribution < 1.29 is 5.11 Å². The average molecular weight is 241 g/mol. The van der Waals surface area contributed by atoms with Gasteiger partial charge in [0, 0.05) is 19.1 Å². The molecule has 0 aliphatic heterocycles. The summed E-state index contributed by atoms with van der Waals surface area (Å²) in [5.41, 5.74) is 0.979. The van der Waals surface area contributed by atoms with Crippen LogP contribution in [-0.2, 0) is 6.54 Å². The van der Waals surface area contributed by atoms with Gasteiger partial charge >= 0.3 is 0 Å². The van der Waals surface area contributed by atoms with E-state index in [0.717, 1.165) is 18.8 Å². The predicted molar refractivity (Wildman–Crippen MR) is 64.4 cm³/mol. The molecule has 1 aromatic rings. The Morgan fingerprint density at radius 1 is 1.44 bits per heavy atom. The predicted octanol–water partition coefficient (Wildman–Crippen LogP) is 2.08. The smallest absolute Gasteiger partial charge is 0.129 e. The lowest BCUT2D eigenvalue weighted by atomic mass is 9.91. The molecule has 88 valence electrons. The van der Waals surface area contributed by atoms with Gasteiger partial charge in [-0.05, 0) is 25.0 Å². The van der Waals surface area contributed by atoms with E-state index in [-0.39, 0.29) is 6.61 Å². The van der Waals surface area contributed by atoms with Crippen LogP contribution >= 0.6 is 11.6 Å². The van der Waals surface area contributed by atoms with Crippen molar-refractivity contribution in [2.75, 3.05) is 13.2 Å². The van der Waals surface area contributed by atoms with Crippen LogP contribution in [0.3, 0.4) is 0 Å². The molecule has 1 saturated carbocycles. The molecule has 4 heteroatoms. The zero-order valence-electron chi connectivity index (χ0n) is 9.27. The first kappa shape index (κ1) is 11.8. The molecule has 0 amide bonds. The van der Waals surface area contributed by atoms with Crippen LogP contribution in [0.1, 0.15) is 25.0 Å². The Labute approximate surface area is 101 Å². The van der Waals surface area contributed by atoms with Crippen molar-refractivity contribution in [1.29, 1.82) is 0 Å². The molecular formula is C12H17ClN2O. The molecule has 16 heavy (non-hydrogen) atoms. The molecule has 1 aliphatic rings. The Hall–Kier alpha value is -0.640. The Kier molecular flexibility index (Phi) is 4.16. The van der Waals surface area contributed by atoms with Crippen LogP contribution in [0.15, 0.2) is 18.2 Å². The van der Waals surface area contributed by atoms with E-state index in [1.165, 1.54) is 19.3 Å². The quantitative estimate of drug-likeness (QED) is 0.801. The fourth-order valence-electron chi connectivity index (χ4n) is 2.02. The molecular weight excluding hydrogens is 224 g/mol. The minimum Gasteiger partial charge on any atom is -0.395 e. The largest absolute Gasteiger partial charge is 0.395 e. The summed E-state index contributed by atoms with van der Waals surface area (Å²) in [4.78, 5) is 6.57. The maximum Gasteiger partial charge on any atom is 0.129 e. The molecule has 3 nitrogen and oxygen atoms in total. The molecule has 2 rings (SSSR count). The van der Waals surface area contributed by atoms with Crippen LogP contribution in [-0.4, -0.2) is 34.2 Å². The van der Waals surface area contributed by atoms with Crippen LogP contribution in [0.2, 0.25) is 5.15 Å².